The molecule has 0 radical (unpaired) electrons. The first-order chi connectivity index (χ1) is 33.2. The van der Waals surface area contributed by atoms with Crippen LogP contribution < -0.4 is 0 Å². The Hall–Kier alpha value is -8.92. The van der Waals surface area contributed by atoms with Crippen molar-refractivity contribution in [2.24, 2.45) is 0 Å². The van der Waals surface area contributed by atoms with Gasteiger partial charge in [0, 0.05) is 60.0 Å². The van der Waals surface area contributed by atoms with E-state index in [1.54, 1.807) is 0 Å². The third-order valence-corrected chi connectivity index (χ3v) is 14.4. The maximum Gasteiger partial charge on any atom is 0.143 e. The molecule has 0 fully saturated rings. The molecule has 3 nitrogen and oxygen atoms in total. The van der Waals surface area contributed by atoms with E-state index in [9.17, 15) is 0 Å². The van der Waals surface area contributed by atoms with Crippen LogP contribution in [0.25, 0.3) is 148 Å². The highest BCUT2D eigenvalue weighted by atomic mass is 16.3. The molecule has 0 amide bonds. The van der Waals surface area contributed by atoms with Crippen LogP contribution in [0.4, 0.5) is 0 Å². The van der Waals surface area contributed by atoms with Crippen molar-refractivity contribution in [3.63, 3.8) is 0 Å². The van der Waals surface area contributed by atoms with Gasteiger partial charge in [0.05, 0.1) is 16.7 Å². The summed E-state index contributed by atoms with van der Waals surface area (Å²) >= 11 is 0. The molecule has 310 valence electrons. The summed E-state index contributed by atoms with van der Waals surface area (Å²) in [6, 6.07) is 81.4. The van der Waals surface area contributed by atoms with Gasteiger partial charge in [0.25, 0.3) is 0 Å². The smallest absolute Gasteiger partial charge is 0.143 e. The number of furan rings is 2. The number of hydrogen-bond donors (Lipinski definition) is 0. The minimum Gasteiger partial charge on any atom is -0.455 e. The predicted octanol–water partition coefficient (Wildman–Crippen LogP) is 18.1. The molecule has 0 unspecified atom stereocenters. The molecule has 0 aliphatic heterocycles. The summed E-state index contributed by atoms with van der Waals surface area (Å²) in [7, 11) is 0. The van der Waals surface area contributed by atoms with Crippen LogP contribution in [-0.4, -0.2) is 4.57 Å². The molecule has 67 heavy (non-hydrogen) atoms. The fourth-order valence-corrected chi connectivity index (χ4v) is 11.3. The first-order valence-corrected chi connectivity index (χ1v) is 23.0. The third-order valence-electron chi connectivity index (χ3n) is 14.4. The Kier molecular flexibility index (Phi) is 7.50. The normalized spacial score (nSPS) is 12.2. The number of benzene rings is 12. The highest BCUT2D eigenvalue weighted by molar-refractivity contribution is 6.25. The molecule has 15 rings (SSSR count). The van der Waals surface area contributed by atoms with Crippen molar-refractivity contribution >= 4 is 98.0 Å². The maximum atomic E-state index is 6.97. The van der Waals surface area contributed by atoms with Crippen molar-refractivity contribution < 1.29 is 8.83 Å². The fraction of sp³-hybridized carbons (Fsp3) is 0. The van der Waals surface area contributed by atoms with E-state index in [1.807, 2.05) is 0 Å². The molecule has 3 heterocycles. The van der Waals surface area contributed by atoms with E-state index < -0.39 is 0 Å². The topological polar surface area (TPSA) is 31.2 Å². The van der Waals surface area contributed by atoms with E-state index in [-0.39, 0.29) is 0 Å². The second-order valence-electron chi connectivity index (χ2n) is 17.9. The summed E-state index contributed by atoms with van der Waals surface area (Å²) in [5.41, 5.74) is 15.8. The van der Waals surface area contributed by atoms with Crippen LogP contribution in [0, 0.1) is 0 Å². The van der Waals surface area contributed by atoms with Gasteiger partial charge in [-0.05, 0) is 79.5 Å². The molecule has 12 aromatic carbocycles. The lowest BCUT2D eigenvalue weighted by atomic mass is 9.93. The van der Waals surface area contributed by atoms with Gasteiger partial charge in [-0.2, -0.15) is 0 Å². The quantitative estimate of drug-likeness (QED) is 0.162. The molecular formula is C64H37NO2. The Balaban J connectivity index is 0.990. The van der Waals surface area contributed by atoms with Crippen molar-refractivity contribution in [2.75, 3.05) is 0 Å². The molecule has 15 aromatic rings. The first kappa shape index (κ1) is 36.4. The van der Waals surface area contributed by atoms with Crippen molar-refractivity contribution in [3.8, 4) is 50.2 Å². The van der Waals surface area contributed by atoms with Crippen LogP contribution >= 0.6 is 0 Å². The highest BCUT2D eigenvalue weighted by Gasteiger charge is 2.22. The molecule has 0 aliphatic carbocycles. The SMILES string of the molecule is c1ccc(-c2cccc3c2oc2c(-c4ccc5c(c4)c4cc(-c6cccc7c6oc6c(-c8ccccc8)cccc67)ccc4n5-c4ccc5ccc6cccc7ccc4c5c67)cccc23)cc1. The number of aromatic nitrogens is 1. The number of fused-ring (bicyclic) bond motifs is 9. The van der Waals surface area contributed by atoms with Gasteiger partial charge in [0.15, 0.2) is 0 Å². The summed E-state index contributed by atoms with van der Waals surface area (Å²) in [6.07, 6.45) is 0. The molecule has 0 bridgehead atoms. The average Bonchev–Trinajstić information content (AvgIpc) is 4.08. The minimum absolute atomic E-state index is 0.892. The summed E-state index contributed by atoms with van der Waals surface area (Å²) in [5, 5.41) is 14.4. The maximum absolute atomic E-state index is 6.97. The van der Waals surface area contributed by atoms with Crippen LogP contribution in [0.2, 0.25) is 0 Å². The molecular weight excluding hydrogens is 815 g/mol. The van der Waals surface area contributed by atoms with Gasteiger partial charge in [0.2, 0.25) is 0 Å². The van der Waals surface area contributed by atoms with Crippen LogP contribution in [0.1, 0.15) is 0 Å². The van der Waals surface area contributed by atoms with Crippen molar-refractivity contribution in [1.29, 1.82) is 0 Å². The van der Waals surface area contributed by atoms with Crippen LogP contribution in [-0.2, 0) is 0 Å². The summed E-state index contributed by atoms with van der Waals surface area (Å²) < 4.78 is 16.4. The van der Waals surface area contributed by atoms with Crippen LogP contribution in [0.3, 0.4) is 0 Å². The Morgan fingerprint density at radius 3 is 1.13 bits per heavy atom. The summed E-state index contributed by atoms with van der Waals surface area (Å²) in [5.74, 6) is 0. The Morgan fingerprint density at radius 1 is 0.254 bits per heavy atom. The van der Waals surface area contributed by atoms with Crippen molar-refractivity contribution in [3.05, 3.63) is 224 Å². The molecule has 0 saturated heterocycles. The molecule has 3 aromatic heterocycles. The van der Waals surface area contributed by atoms with Crippen LogP contribution in [0.5, 0.6) is 0 Å². The van der Waals surface area contributed by atoms with Gasteiger partial charge in [-0.25, -0.2) is 0 Å². The standard InChI is InChI=1S/C64H37NO2/c1-3-12-38(13-4-1)45-18-8-22-49-51-24-10-20-47(63(51)66-61(45)49)43-30-34-57-54(36-43)55-37-44(48-21-11-25-52-50-23-9-19-46(62(50)67-64(48)52)39-14-5-2-6-15-39)31-35-58(55)65(57)56-33-29-42-27-26-40-16-7-17-41-28-32-53(56)60(42)59(40)41/h1-37H. The summed E-state index contributed by atoms with van der Waals surface area (Å²) in [4.78, 5) is 0. The van der Waals surface area contributed by atoms with E-state index >= 15 is 0 Å². The number of rotatable bonds is 5. The zero-order chi connectivity index (χ0) is 43.7. The lowest BCUT2D eigenvalue weighted by Crippen LogP contribution is -1.96. The highest BCUT2D eigenvalue weighted by Crippen LogP contribution is 2.46. The molecule has 0 spiro atoms. The molecule has 3 heteroatoms. The molecule has 0 N–H and O–H groups in total. The summed E-state index contributed by atoms with van der Waals surface area (Å²) in [6.45, 7) is 0. The van der Waals surface area contributed by atoms with E-state index in [0.29, 0.717) is 0 Å². The fourth-order valence-electron chi connectivity index (χ4n) is 11.3. The van der Waals surface area contributed by atoms with Gasteiger partial charge in [-0.3, -0.25) is 0 Å². The minimum atomic E-state index is 0.892. The predicted molar refractivity (Wildman–Crippen MR) is 281 cm³/mol. The second kappa shape index (κ2) is 13.8. The molecule has 0 aliphatic rings. The lowest BCUT2D eigenvalue weighted by molar-refractivity contribution is 0.670. The zero-order valence-corrected chi connectivity index (χ0v) is 36.1. The van der Waals surface area contributed by atoms with Gasteiger partial charge in [-0.1, -0.05) is 194 Å². The van der Waals surface area contributed by atoms with Gasteiger partial charge < -0.3 is 13.4 Å². The Labute approximate surface area is 384 Å². The van der Waals surface area contributed by atoms with Gasteiger partial charge in [0.1, 0.15) is 22.3 Å². The number of para-hydroxylation sites is 4. The van der Waals surface area contributed by atoms with E-state index in [2.05, 4.69) is 229 Å². The average molecular weight is 852 g/mol. The number of nitrogens with zero attached hydrogens (tertiary/aromatic N) is 1. The zero-order valence-electron chi connectivity index (χ0n) is 36.1. The number of hydrogen-bond acceptors (Lipinski definition) is 2. The van der Waals surface area contributed by atoms with Crippen molar-refractivity contribution in [2.45, 2.75) is 0 Å². The first-order valence-electron chi connectivity index (χ1n) is 23.0. The largest absolute Gasteiger partial charge is 0.455 e. The van der Waals surface area contributed by atoms with Crippen molar-refractivity contribution in [1.82, 2.24) is 4.57 Å². The Bertz CT molecular complexity index is 4260. The van der Waals surface area contributed by atoms with E-state index in [0.717, 1.165) is 105 Å². The molecule has 0 atom stereocenters. The third kappa shape index (κ3) is 5.22. The van der Waals surface area contributed by atoms with Gasteiger partial charge >= 0.3 is 0 Å². The second-order valence-corrected chi connectivity index (χ2v) is 17.9. The lowest BCUT2D eigenvalue weighted by Gasteiger charge is -2.16. The van der Waals surface area contributed by atoms with E-state index in [4.69, 9.17) is 8.83 Å². The van der Waals surface area contributed by atoms with Gasteiger partial charge in [-0.15, -0.1) is 0 Å². The van der Waals surface area contributed by atoms with E-state index in [1.165, 1.54) is 43.1 Å². The molecule has 0 saturated carbocycles. The monoisotopic (exact) mass is 851 g/mol. The Morgan fingerprint density at radius 2 is 0.657 bits per heavy atom. The van der Waals surface area contributed by atoms with Crippen LogP contribution in [0.15, 0.2) is 233 Å².